The molecule has 0 aliphatic rings. The van der Waals surface area contributed by atoms with Gasteiger partial charge in [-0.2, -0.15) is 0 Å². The summed E-state index contributed by atoms with van der Waals surface area (Å²) in [5.41, 5.74) is 0.522. The van der Waals surface area contributed by atoms with Gasteiger partial charge in [-0.3, -0.25) is 0 Å². The first kappa shape index (κ1) is 15.3. The van der Waals surface area contributed by atoms with Gasteiger partial charge in [0.05, 0.1) is 0 Å². The number of hydrogen-bond acceptors (Lipinski definition) is 4. The number of benzene rings is 1. The van der Waals surface area contributed by atoms with Crippen molar-refractivity contribution >= 4 is 11.7 Å². The first-order valence-corrected chi connectivity index (χ1v) is 6.36. The Morgan fingerprint density at radius 3 is 2.42 bits per heavy atom. The highest BCUT2D eigenvalue weighted by molar-refractivity contribution is 5.75. The van der Waals surface area contributed by atoms with Crippen LogP contribution in [0.25, 0.3) is 0 Å². The third-order valence-electron chi connectivity index (χ3n) is 2.39. The van der Waals surface area contributed by atoms with Crippen LogP contribution in [-0.2, 0) is 9.53 Å². The molecule has 0 saturated heterocycles. The lowest BCUT2D eigenvalue weighted by Crippen LogP contribution is -2.33. The quantitative estimate of drug-likeness (QED) is 0.785. The molecule has 1 aromatic carbocycles. The second-order valence-electron chi connectivity index (χ2n) is 5.69. The van der Waals surface area contributed by atoms with Gasteiger partial charge in [0.25, 0.3) is 0 Å². The summed E-state index contributed by atoms with van der Waals surface area (Å²) in [4.78, 5) is 13.8. The van der Waals surface area contributed by atoms with Gasteiger partial charge in [0.2, 0.25) is 0 Å². The molecule has 4 nitrogen and oxygen atoms in total. The molecule has 0 heterocycles. The van der Waals surface area contributed by atoms with Gasteiger partial charge >= 0.3 is 5.97 Å². The number of nitrogens with zero attached hydrogens (tertiary/aromatic N) is 1. The van der Waals surface area contributed by atoms with E-state index in [-0.39, 0.29) is 5.97 Å². The first-order chi connectivity index (χ1) is 8.69. The van der Waals surface area contributed by atoms with Crippen LogP contribution in [0.3, 0.4) is 0 Å². The van der Waals surface area contributed by atoms with Crippen LogP contribution in [0.2, 0.25) is 0 Å². The largest absolute Gasteiger partial charge is 0.479 e. The van der Waals surface area contributed by atoms with Crippen LogP contribution in [-0.4, -0.2) is 31.8 Å². The van der Waals surface area contributed by atoms with Crippen molar-refractivity contribution in [2.24, 2.45) is 0 Å². The number of hydrogen-bond donors (Lipinski definition) is 0. The van der Waals surface area contributed by atoms with Crippen molar-refractivity contribution in [2.75, 3.05) is 19.0 Å². The highest BCUT2D eigenvalue weighted by atomic mass is 16.6. The zero-order valence-electron chi connectivity index (χ0n) is 12.6. The van der Waals surface area contributed by atoms with E-state index in [4.69, 9.17) is 9.47 Å². The Kier molecular flexibility index (Phi) is 4.81. The lowest BCUT2D eigenvalue weighted by Gasteiger charge is -2.23. The molecule has 1 atom stereocenters. The van der Waals surface area contributed by atoms with Crippen LogP contribution in [0.4, 0.5) is 5.69 Å². The lowest BCUT2D eigenvalue weighted by atomic mass is 10.2. The highest BCUT2D eigenvalue weighted by Crippen LogP contribution is 2.21. The fourth-order valence-corrected chi connectivity index (χ4v) is 1.47. The molecule has 0 N–H and O–H groups in total. The van der Waals surface area contributed by atoms with Crippen molar-refractivity contribution in [1.29, 1.82) is 0 Å². The minimum absolute atomic E-state index is 0.359. The van der Waals surface area contributed by atoms with Crippen LogP contribution < -0.4 is 9.64 Å². The Labute approximate surface area is 115 Å². The Morgan fingerprint density at radius 1 is 1.26 bits per heavy atom. The molecule has 4 heteroatoms. The van der Waals surface area contributed by atoms with Crippen LogP contribution in [0, 0.1) is 0 Å². The molecule has 19 heavy (non-hydrogen) atoms. The number of anilines is 1. The molecule has 0 saturated carbocycles. The van der Waals surface area contributed by atoms with E-state index >= 15 is 0 Å². The van der Waals surface area contributed by atoms with Gasteiger partial charge in [0.1, 0.15) is 11.4 Å². The maximum Gasteiger partial charge on any atom is 0.347 e. The lowest BCUT2D eigenvalue weighted by molar-refractivity contribution is -0.162. The van der Waals surface area contributed by atoms with E-state index < -0.39 is 11.7 Å². The molecule has 1 rings (SSSR count). The van der Waals surface area contributed by atoms with Gasteiger partial charge in [0, 0.05) is 25.8 Å². The predicted octanol–water partition coefficient (Wildman–Crippen LogP) is 2.86. The number of esters is 1. The predicted molar refractivity (Wildman–Crippen MR) is 76.7 cm³/mol. The number of rotatable bonds is 4. The van der Waals surface area contributed by atoms with E-state index in [2.05, 4.69) is 0 Å². The van der Waals surface area contributed by atoms with Crippen molar-refractivity contribution in [3.05, 3.63) is 24.3 Å². The average molecular weight is 265 g/mol. The van der Waals surface area contributed by atoms with Gasteiger partial charge in [-0.1, -0.05) is 6.07 Å². The van der Waals surface area contributed by atoms with Crippen molar-refractivity contribution in [2.45, 2.75) is 39.4 Å². The second kappa shape index (κ2) is 5.95. The molecule has 0 fully saturated rings. The summed E-state index contributed by atoms with van der Waals surface area (Å²) < 4.78 is 10.9. The topological polar surface area (TPSA) is 38.8 Å². The summed E-state index contributed by atoms with van der Waals surface area (Å²) in [7, 11) is 3.91. The van der Waals surface area contributed by atoms with E-state index in [1.165, 1.54) is 0 Å². The van der Waals surface area contributed by atoms with Crippen molar-refractivity contribution in [3.8, 4) is 5.75 Å². The fraction of sp³-hybridized carbons (Fsp3) is 0.533. The Morgan fingerprint density at radius 2 is 1.89 bits per heavy atom. The third kappa shape index (κ3) is 5.20. The Hall–Kier alpha value is -1.71. The summed E-state index contributed by atoms with van der Waals surface area (Å²) in [6.07, 6.45) is -0.628. The van der Waals surface area contributed by atoms with E-state index in [0.29, 0.717) is 5.75 Å². The van der Waals surface area contributed by atoms with Crippen molar-refractivity contribution < 1.29 is 14.3 Å². The van der Waals surface area contributed by atoms with Gasteiger partial charge in [0.15, 0.2) is 6.10 Å². The van der Waals surface area contributed by atoms with Crippen LogP contribution in [0.15, 0.2) is 24.3 Å². The van der Waals surface area contributed by atoms with E-state index in [9.17, 15) is 4.79 Å². The minimum atomic E-state index is -0.628. The van der Waals surface area contributed by atoms with E-state index in [1.807, 2.05) is 64.0 Å². The molecule has 0 amide bonds. The highest BCUT2D eigenvalue weighted by Gasteiger charge is 2.23. The molecule has 0 bridgehead atoms. The molecule has 0 spiro atoms. The van der Waals surface area contributed by atoms with Gasteiger partial charge in [-0.05, 0) is 39.8 Å². The van der Waals surface area contributed by atoms with Crippen LogP contribution >= 0.6 is 0 Å². The molecule has 1 aromatic rings. The summed E-state index contributed by atoms with van der Waals surface area (Å²) in [6, 6.07) is 7.59. The fourth-order valence-electron chi connectivity index (χ4n) is 1.47. The Bertz CT molecular complexity index is 435. The van der Waals surface area contributed by atoms with Crippen molar-refractivity contribution in [1.82, 2.24) is 0 Å². The third-order valence-corrected chi connectivity index (χ3v) is 2.39. The van der Waals surface area contributed by atoms with E-state index in [1.54, 1.807) is 6.92 Å². The van der Waals surface area contributed by atoms with E-state index in [0.717, 1.165) is 5.69 Å². The number of carbonyl (C=O) groups is 1. The maximum absolute atomic E-state index is 11.8. The van der Waals surface area contributed by atoms with Crippen molar-refractivity contribution in [3.63, 3.8) is 0 Å². The zero-order chi connectivity index (χ0) is 14.6. The summed E-state index contributed by atoms with van der Waals surface area (Å²) in [5.74, 6) is 0.298. The maximum atomic E-state index is 11.8. The molecule has 106 valence electrons. The smallest absolute Gasteiger partial charge is 0.347 e. The molecular formula is C15H23NO3. The molecule has 0 aliphatic carbocycles. The van der Waals surface area contributed by atoms with Crippen LogP contribution in [0.1, 0.15) is 27.7 Å². The standard InChI is InChI=1S/C15H23NO3/c1-11(14(17)19-15(2,3)4)18-13-9-7-8-12(10-13)16(5)6/h7-11H,1-6H3. The molecule has 0 aromatic heterocycles. The molecule has 0 aliphatic heterocycles. The van der Waals surface area contributed by atoms with Gasteiger partial charge in [-0.15, -0.1) is 0 Å². The van der Waals surface area contributed by atoms with Gasteiger partial charge in [-0.25, -0.2) is 4.79 Å². The summed E-state index contributed by atoms with van der Waals surface area (Å²) in [6.45, 7) is 7.20. The van der Waals surface area contributed by atoms with Gasteiger partial charge < -0.3 is 14.4 Å². The SMILES string of the molecule is CC(Oc1cccc(N(C)C)c1)C(=O)OC(C)(C)C. The average Bonchev–Trinajstić information content (AvgIpc) is 2.27. The normalized spacial score (nSPS) is 12.7. The molecule has 0 radical (unpaired) electrons. The second-order valence-corrected chi connectivity index (χ2v) is 5.69. The zero-order valence-corrected chi connectivity index (χ0v) is 12.6. The summed E-state index contributed by atoms with van der Waals surface area (Å²) >= 11 is 0. The number of carbonyl (C=O) groups excluding carboxylic acids is 1. The minimum Gasteiger partial charge on any atom is -0.479 e. The summed E-state index contributed by atoms with van der Waals surface area (Å²) in [5, 5.41) is 0. The monoisotopic (exact) mass is 265 g/mol. The number of ether oxygens (including phenoxy) is 2. The Balaban J connectivity index is 2.69. The molecular weight excluding hydrogens is 242 g/mol. The molecule has 1 unspecified atom stereocenters. The first-order valence-electron chi connectivity index (χ1n) is 6.36. The van der Waals surface area contributed by atoms with Crippen LogP contribution in [0.5, 0.6) is 5.75 Å².